The number of carbonyl (C=O) groups excluding carboxylic acids is 2. The second-order valence-corrected chi connectivity index (χ2v) is 10.5. The first kappa shape index (κ1) is 24.4. The SMILES string of the molecule is COCCN(CC1CCCN2CCCCC12)C(=O)C(C)c1ccc(CC2CCCC2=O)cc1. The maximum atomic E-state index is 13.6. The molecule has 0 spiro atoms. The van der Waals surface area contributed by atoms with Gasteiger partial charge in [0.1, 0.15) is 5.78 Å². The summed E-state index contributed by atoms with van der Waals surface area (Å²) in [4.78, 5) is 30.3. The molecular weight excluding hydrogens is 412 g/mol. The van der Waals surface area contributed by atoms with E-state index in [0.29, 0.717) is 30.9 Å². The minimum atomic E-state index is -0.171. The first-order valence-electron chi connectivity index (χ1n) is 13.2. The summed E-state index contributed by atoms with van der Waals surface area (Å²) in [5.41, 5.74) is 2.27. The van der Waals surface area contributed by atoms with Crippen LogP contribution < -0.4 is 0 Å². The normalized spacial score (nSPS) is 26.7. The number of amides is 1. The highest BCUT2D eigenvalue weighted by Crippen LogP contribution is 2.32. The molecule has 5 heteroatoms. The minimum absolute atomic E-state index is 0.171. The first-order valence-corrected chi connectivity index (χ1v) is 13.2. The average molecular weight is 455 g/mol. The molecule has 0 N–H and O–H groups in total. The second-order valence-electron chi connectivity index (χ2n) is 10.5. The zero-order valence-corrected chi connectivity index (χ0v) is 20.6. The summed E-state index contributed by atoms with van der Waals surface area (Å²) in [6, 6.07) is 9.06. The molecule has 2 heterocycles. The summed E-state index contributed by atoms with van der Waals surface area (Å²) >= 11 is 0. The fraction of sp³-hybridized carbons (Fsp3) is 0.714. The highest BCUT2D eigenvalue weighted by Gasteiger charge is 2.35. The van der Waals surface area contributed by atoms with Crippen LogP contribution in [-0.4, -0.2) is 67.4 Å². The van der Waals surface area contributed by atoms with Crippen LogP contribution in [0.5, 0.6) is 0 Å². The molecule has 2 aliphatic heterocycles. The number of ketones is 1. The largest absolute Gasteiger partial charge is 0.383 e. The van der Waals surface area contributed by atoms with Crippen LogP contribution in [0.2, 0.25) is 0 Å². The van der Waals surface area contributed by atoms with Gasteiger partial charge in [-0.05, 0) is 82.0 Å². The van der Waals surface area contributed by atoms with Gasteiger partial charge in [-0.25, -0.2) is 0 Å². The monoisotopic (exact) mass is 454 g/mol. The van der Waals surface area contributed by atoms with Gasteiger partial charge in [0.2, 0.25) is 5.91 Å². The van der Waals surface area contributed by atoms with Gasteiger partial charge in [-0.2, -0.15) is 0 Å². The van der Waals surface area contributed by atoms with Crippen molar-refractivity contribution in [2.45, 2.75) is 76.7 Å². The van der Waals surface area contributed by atoms with E-state index in [1.165, 1.54) is 50.8 Å². The fourth-order valence-electron chi connectivity index (χ4n) is 6.31. The molecule has 3 fully saturated rings. The van der Waals surface area contributed by atoms with Gasteiger partial charge in [-0.3, -0.25) is 9.59 Å². The van der Waals surface area contributed by atoms with Gasteiger partial charge < -0.3 is 14.5 Å². The number of piperidine rings is 2. The number of hydrogen-bond donors (Lipinski definition) is 0. The Labute approximate surface area is 199 Å². The second kappa shape index (κ2) is 11.6. The lowest BCUT2D eigenvalue weighted by molar-refractivity contribution is -0.134. The third kappa shape index (κ3) is 6.05. The molecule has 3 aliphatic rings. The Balaban J connectivity index is 1.40. The molecule has 4 rings (SSSR count). The van der Waals surface area contributed by atoms with Crippen LogP contribution in [-0.2, 0) is 20.7 Å². The van der Waals surface area contributed by atoms with Crippen molar-refractivity contribution in [1.82, 2.24) is 9.80 Å². The Hall–Kier alpha value is -1.72. The van der Waals surface area contributed by atoms with Crippen LogP contribution in [0.1, 0.15) is 75.3 Å². The lowest BCUT2D eigenvalue weighted by Crippen LogP contribution is -2.52. The lowest BCUT2D eigenvalue weighted by Gasteiger charge is -2.46. The zero-order chi connectivity index (χ0) is 23.2. The van der Waals surface area contributed by atoms with Crippen molar-refractivity contribution < 1.29 is 14.3 Å². The van der Waals surface area contributed by atoms with Crippen molar-refractivity contribution in [1.29, 1.82) is 0 Å². The molecule has 33 heavy (non-hydrogen) atoms. The predicted octanol–water partition coefficient (Wildman–Crippen LogP) is 4.44. The standard InChI is InChI=1S/C28H42N2O3/c1-21(23-13-11-22(12-14-23)19-24-7-5-10-27(24)31)28(32)30(17-18-33-2)20-25-8-6-16-29-15-4-3-9-26(25)29/h11-14,21,24-26H,3-10,15-20H2,1-2H3. The molecule has 1 saturated carbocycles. The highest BCUT2D eigenvalue weighted by atomic mass is 16.5. The maximum absolute atomic E-state index is 13.6. The van der Waals surface area contributed by atoms with Crippen molar-refractivity contribution >= 4 is 11.7 Å². The van der Waals surface area contributed by atoms with Crippen LogP contribution in [0.25, 0.3) is 0 Å². The number of Topliss-reactive ketones (excluding diaryl/α,β-unsaturated/α-hetero) is 1. The van der Waals surface area contributed by atoms with Crippen molar-refractivity contribution in [3.8, 4) is 0 Å². The quantitative estimate of drug-likeness (QED) is 0.553. The van der Waals surface area contributed by atoms with Gasteiger partial charge in [0.15, 0.2) is 0 Å². The molecule has 1 aliphatic carbocycles. The zero-order valence-electron chi connectivity index (χ0n) is 20.6. The Bertz CT molecular complexity index is 791. The Morgan fingerprint density at radius 2 is 1.88 bits per heavy atom. The summed E-state index contributed by atoms with van der Waals surface area (Å²) in [7, 11) is 1.71. The Morgan fingerprint density at radius 3 is 2.61 bits per heavy atom. The minimum Gasteiger partial charge on any atom is -0.383 e. The van der Waals surface area contributed by atoms with E-state index >= 15 is 0 Å². The van der Waals surface area contributed by atoms with E-state index in [2.05, 4.69) is 34.1 Å². The Kier molecular flexibility index (Phi) is 8.59. The molecule has 0 radical (unpaired) electrons. The number of nitrogens with zero attached hydrogens (tertiary/aromatic N) is 2. The van der Waals surface area contributed by atoms with E-state index in [4.69, 9.17) is 4.74 Å². The fourth-order valence-corrected chi connectivity index (χ4v) is 6.31. The molecule has 2 saturated heterocycles. The van der Waals surface area contributed by atoms with Gasteiger partial charge in [-0.15, -0.1) is 0 Å². The number of carbonyl (C=O) groups is 2. The molecule has 5 nitrogen and oxygen atoms in total. The average Bonchev–Trinajstić information content (AvgIpc) is 3.25. The first-order chi connectivity index (χ1) is 16.1. The number of benzene rings is 1. The van der Waals surface area contributed by atoms with Gasteiger partial charge in [0.25, 0.3) is 0 Å². The third-order valence-corrected chi connectivity index (χ3v) is 8.32. The lowest BCUT2D eigenvalue weighted by atomic mass is 9.83. The van der Waals surface area contributed by atoms with Crippen LogP contribution in [0.3, 0.4) is 0 Å². The van der Waals surface area contributed by atoms with Gasteiger partial charge >= 0.3 is 0 Å². The molecule has 182 valence electrons. The van der Waals surface area contributed by atoms with Crippen molar-refractivity contribution in [2.75, 3.05) is 39.9 Å². The molecule has 4 atom stereocenters. The van der Waals surface area contributed by atoms with Crippen LogP contribution >= 0.6 is 0 Å². The molecule has 4 unspecified atom stereocenters. The van der Waals surface area contributed by atoms with Gasteiger partial charge in [0.05, 0.1) is 12.5 Å². The predicted molar refractivity (Wildman–Crippen MR) is 131 cm³/mol. The van der Waals surface area contributed by atoms with Crippen molar-refractivity contribution in [2.24, 2.45) is 11.8 Å². The topological polar surface area (TPSA) is 49.9 Å². The number of hydrogen-bond acceptors (Lipinski definition) is 4. The molecule has 1 amide bonds. The van der Waals surface area contributed by atoms with Crippen LogP contribution in [0, 0.1) is 11.8 Å². The molecule has 0 bridgehead atoms. The number of rotatable bonds is 9. The maximum Gasteiger partial charge on any atom is 0.229 e. The summed E-state index contributed by atoms with van der Waals surface area (Å²) in [6.45, 7) is 6.56. The highest BCUT2D eigenvalue weighted by molar-refractivity contribution is 5.84. The summed E-state index contributed by atoms with van der Waals surface area (Å²) in [5.74, 6) is 1.21. The summed E-state index contributed by atoms with van der Waals surface area (Å²) < 4.78 is 5.36. The van der Waals surface area contributed by atoms with Gasteiger partial charge in [-0.1, -0.05) is 30.7 Å². The molecule has 1 aromatic rings. The number of ether oxygens (including phenoxy) is 1. The van der Waals surface area contributed by atoms with E-state index in [1.54, 1.807) is 7.11 Å². The summed E-state index contributed by atoms with van der Waals surface area (Å²) in [6.07, 6.45) is 10.0. The van der Waals surface area contributed by atoms with E-state index < -0.39 is 0 Å². The molecule has 0 aromatic heterocycles. The van der Waals surface area contributed by atoms with E-state index in [0.717, 1.165) is 37.8 Å². The summed E-state index contributed by atoms with van der Waals surface area (Å²) in [5, 5.41) is 0. The smallest absolute Gasteiger partial charge is 0.229 e. The Morgan fingerprint density at radius 1 is 1.09 bits per heavy atom. The van der Waals surface area contributed by atoms with E-state index in [9.17, 15) is 9.59 Å². The van der Waals surface area contributed by atoms with Crippen LogP contribution in [0.4, 0.5) is 0 Å². The van der Waals surface area contributed by atoms with Gasteiger partial charge in [0, 0.05) is 38.6 Å². The molecular formula is C28H42N2O3. The van der Waals surface area contributed by atoms with Crippen LogP contribution in [0.15, 0.2) is 24.3 Å². The van der Waals surface area contributed by atoms with E-state index in [-0.39, 0.29) is 17.7 Å². The number of fused-ring (bicyclic) bond motifs is 1. The van der Waals surface area contributed by atoms with Crippen molar-refractivity contribution in [3.63, 3.8) is 0 Å². The van der Waals surface area contributed by atoms with E-state index in [1.807, 2.05) is 6.92 Å². The third-order valence-electron chi connectivity index (χ3n) is 8.32. The van der Waals surface area contributed by atoms with Crippen molar-refractivity contribution in [3.05, 3.63) is 35.4 Å². The molecule has 1 aromatic carbocycles. The number of methoxy groups -OCH3 is 1.